The molecule has 0 N–H and O–H groups in total. The average molecular weight is 825 g/mol. The first kappa shape index (κ1) is 37.5. The molecule has 0 aliphatic heterocycles. The summed E-state index contributed by atoms with van der Waals surface area (Å²) in [6.45, 7) is 4.33. The highest BCUT2D eigenvalue weighted by Crippen LogP contribution is 2.67. The van der Waals surface area contributed by atoms with Crippen molar-refractivity contribution >= 4 is 49.4 Å². The number of rotatable bonds is 8. The molecule has 0 amide bonds. The number of hydrogen-bond donors (Lipinski definition) is 0. The molecule has 4 aliphatic rings. The molecule has 0 aromatic heterocycles. The van der Waals surface area contributed by atoms with Gasteiger partial charge in [-0.15, -0.1) is 0 Å². The van der Waals surface area contributed by atoms with Gasteiger partial charge < -0.3 is 0 Å². The minimum Gasteiger partial charge on any atom is -0.0991 e. The van der Waals surface area contributed by atoms with Gasteiger partial charge in [-0.25, -0.2) is 0 Å². The third-order valence-electron chi connectivity index (χ3n) is 14.4. The molecule has 9 aromatic rings. The molecule has 9 aromatic carbocycles. The Labute approximate surface area is 380 Å². The highest BCUT2D eigenvalue weighted by molar-refractivity contribution is 6.22. The Kier molecular flexibility index (Phi) is 8.68. The summed E-state index contributed by atoms with van der Waals surface area (Å²) in [7, 11) is 0. The van der Waals surface area contributed by atoms with Gasteiger partial charge in [-0.3, -0.25) is 0 Å². The van der Waals surface area contributed by atoms with Gasteiger partial charge in [0, 0.05) is 11.8 Å². The van der Waals surface area contributed by atoms with Crippen molar-refractivity contribution in [1.29, 1.82) is 0 Å². The Balaban J connectivity index is 1.17. The van der Waals surface area contributed by atoms with E-state index in [1.807, 2.05) is 6.08 Å². The molecule has 0 bridgehead atoms. The van der Waals surface area contributed by atoms with Crippen LogP contribution in [0.4, 0.5) is 0 Å². The largest absolute Gasteiger partial charge is 0.0991 e. The fourth-order valence-corrected chi connectivity index (χ4v) is 11.8. The third-order valence-corrected chi connectivity index (χ3v) is 14.4. The Morgan fingerprint density at radius 1 is 0.385 bits per heavy atom. The van der Waals surface area contributed by atoms with Crippen LogP contribution < -0.4 is 0 Å². The van der Waals surface area contributed by atoms with Gasteiger partial charge in [0.2, 0.25) is 0 Å². The topological polar surface area (TPSA) is 0 Å². The van der Waals surface area contributed by atoms with Gasteiger partial charge in [0.25, 0.3) is 0 Å². The van der Waals surface area contributed by atoms with Crippen LogP contribution in [0.25, 0.3) is 93.9 Å². The summed E-state index contributed by atoms with van der Waals surface area (Å²) in [5.74, 6) is 0.303. The lowest BCUT2D eigenvalue weighted by Gasteiger charge is -2.31. The SMILES string of the molecule is C=CC=C(Cc1ccccc1)c1c2c(c(-c3ccccc3-c3ccccc3)c3cc4ccccc4cc13)C1=CC=C3c4c(-c5ccccc5)ccc(-c5ccccc5)c4C4=CC=C2C1C43. The molecule has 65 heavy (non-hydrogen) atoms. The van der Waals surface area contributed by atoms with Crippen molar-refractivity contribution in [3.8, 4) is 44.5 Å². The number of benzene rings is 9. The molecule has 13 rings (SSSR count). The Morgan fingerprint density at radius 3 is 1.35 bits per heavy atom. The van der Waals surface area contributed by atoms with Crippen LogP contribution in [0.5, 0.6) is 0 Å². The van der Waals surface area contributed by atoms with Gasteiger partial charge in [-0.05, 0) is 146 Å². The van der Waals surface area contributed by atoms with Crippen LogP contribution in [-0.4, -0.2) is 0 Å². The third kappa shape index (κ3) is 5.77. The Hall–Kier alpha value is -8.06. The van der Waals surface area contributed by atoms with E-state index in [2.05, 4.69) is 231 Å². The second kappa shape index (κ2) is 15.0. The summed E-state index contributed by atoms with van der Waals surface area (Å²) < 4.78 is 0. The number of fused-ring (bicyclic) bond motifs is 8. The fourth-order valence-electron chi connectivity index (χ4n) is 11.8. The molecular formula is C65H44. The lowest BCUT2D eigenvalue weighted by molar-refractivity contribution is 0.758. The van der Waals surface area contributed by atoms with Crippen molar-refractivity contribution in [3.05, 3.63) is 271 Å². The van der Waals surface area contributed by atoms with Crippen LogP contribution >= 0.6 is 0 Å². The molecule has 0 heteroatoms. The molecular weight excluding hydrogens is 781 g/mol. The summed E-state index contributed by atoms with van der Waals surface area (Å²) in [6.07, 6.45) is 15.1. The molecule has 4 aliphatic carbocycles. The van der Waals surface area contributed by atoms with Crippen molar-refractivity contribution in [1.82, 2.24) is 0 Å². The molecule has 0 saturated carbocycles. The maximum Gasteiger partial charge on any atom is 0.0212 e. The van der Waals surface area contributed by atoms with E-state index in [0.717, 1.165) is 6.42 Å². The molecule has 0 spiro atoms. The normalized spacial score (nSPS) is 16.6. The van der Waals surface area contributed by atoms with Crippen molar-refractivity contribution < 1.29 is 0 Å². The summed E-state index contributed by atoms with van der Waals surface area (Å²) in [5.41, 5.74) is 25.1. The quantitative estimate of drug-likeness (QED) is 0.106. The monoisotopic (exact) mass is 824 g/mol. The zero-order valence-corrected chi connectivity index (χ0v) is 36.0. The van der Waals surface area contributed by atoms with Crippen molar-refractivity contribution in [2.45, 2.75) is 6.42 Å². The van der Waals surface area contributed by atoms with E-state index in [-0.39, 0.29) is 11.8 Å². The van der Waals surface area contributed by atoms with Gasteiger partial charge in [0.1, 0.15) is 0 Å². The van der Waals surface area contributed by atoms with E-state index >= 15 is 0 Å². The van der Waals surface area contributed by atoms with E-state index in [4.69, 9.17) is 0 Å². The lowest BCUT2D eigenvalue weighted by atomic mass is 9.71. The highest BCUT2D eigenvalue weighted by atomic mass is 14.5. The van der Waals surface area contributed by atoms with Gasteiger partial charge in [-0.1, -0.05) is 225 Å². The van der Waals surface area contributed by atoms with Gasteiger partial charge in [-0.2, -0.15) is 0 Å². The fraction of sp³-hybridized carbons (Fsp3) is 0.0462. The van der Waals surface area contributed by atoms with Crippen molar-refractivity contribution in [2.75, 3.05) is 0 Å². The van der Waals surface area contributed by atoms with Crippen molar-refractivity contribution in [3.63, 3.8) is 0 Å². The van der Waals surface area contributed by atoms with E-state index in [0.29, 0.717) is 0 Å². The second-order valence-electron chi connectivity index (χ2n) is 17.8. The smallest absolute Gasteiger partial charge is 0.0212 e. The van der Waals surface area contributed by atoms with E-state index < -0.39 is 0 Å². The zero-order valence-electron chi connectivity index (χ0n) is 36.0. The number of hydrogen-bond acceptors (Lipinski definition) is 0. The first-order valence-corrected chi connectivity index (χ1v) is 22.9. The molecule has 0 radical (unpaired) electrons. The van der Waals surface area contributed by atoms with E-state index in [9.17, 15) is 0 Å². The molecule has 0 saturated heterocycles. The molecule has 2 atom stereocenters. The molecule has 0 fully saturated rings. The van der Waals surface area contributed by atoms with Gasteiger partial charge >= 0.3 is 0 Å². The van der Waals surface area contributed by atoms with Crippen LogP contribution in [0.3, 0.4) is 0 Å². The predicted molar refractivity (Wildman–Crippen MR) is 277 cm³/mol. The van der Waals surface area contributed by atoms with Gasteiger partial charge in [0.15, 0.2) is 0 Å². The first-order valence-electron chi connectivity index (χ1n) is 22.9. The van der Waals surface area contributed by atoms with Crippen LogP contribution in [0.2, 0.25) is 0 Å². The minimum absolute atomic E-state index is 0.138. The maximum absolute atomic E-state index is 4.33. The summed E-state index contributed by atoms with van der Waals surface area (Å²) >= 11 is 0. The van der Waals surface area contributed by atoms with E-state index in [1.54, 1.807) is 0 Å². The Morgan fingerprint density at radius 2 is 0.815 bits per heavy atom. The molecule has 304 valence electrons. The summed E-state index contributed by atoms with van der Waals surface area (Å²) in [6, 6.07) is 71.6. The molecule has 0 heterocycles. The van der Waals surface area contributed by atoms with E-state index in [1.165, 1.54) is 127 Å². The maximum atomic E-state index is 4.33. The van der Waals surface area contributed by atoms with Crippen LogP contribution in [0.15, 0.2) is 237 Å². The minimum atomic E-state index is 0.138. The lowest BCUT2D eigenvalue weighted by Crippen LogP contribution is -2.18. The van der Waals surface area contributed by atoms with Crippen molar-refractivity contribution in [2.24, 2.45) is 11.8 Å². The standard InChI is InChI=1S/C65H44/c1-2-19-47(38-41-20-7-3-8-21-41)58-56-39-45-28-15-16-29-46(45)40-57(56)61(51-31-18-17-30-48(51)42-22-9-4-10-23-42)65-55-37-35-53-60-50(44-26-13-6-14-27-44)33-32-49(43-24-11-5-12-25-43)59(60)52-34-36-54(64(58)65)63(55)62(52)53/h2-37,39-40,62-63H,1,38H2. The second-order valence-corrected chi connectivity index (χ2v) is 17.8. The van der Waals surface area contributed by atoms with Crippen LogP contribution in [0, 0.1) is 11.8 Å². The number of allylic oxidation sites excluding steroid dienone is 11. The van der Waals surface area contributed by atoms with Gasteiger partial charge in [0.05, 0.1) is 0 Å². The summed E-state index contributed by atoms with van der Waals surface area (Å²) in [4.78, 5) is 0. The highest BCUT2D eigenvalue weighted by Gasteiger charge is 2.50. The van der Waals surface area contributed by atoms with Crippen LogP contribution in [-0.2, 0) is 6.42 Å². The predicted octanol–water partition coefficient (Wildman–Crippen LogP) is 17.0. The summed E-state index contributed by atoms with van der Waals surface area (Å²) in [5, 5.41) is 5.04. The molecule has 2 unspecified atom stereocenters. The average Bonchev–Trinajstić information content (AvgIpc) is 3.88. The van der Waals surface area contributed by atoms with Crippen LogP contribution in [0.1, 0.15) is 33.4 Å². The Bertz CT molecular complexity index is 3590. The zero-order chi connectivity index (χ0) is 43.0. The molecule has 0 nitrogen and oxygen atoms in total. The first-order chi connectivity index (χ1) is 32.2.